The van der Waals surface area contributed by atoms with E-state index in [2.05, 4.69) is 6.92 Å². The first-order chi connectivity index (χ1) is 7.81. The molecule has 0 amide bonds. The molecule has 0 aromatic heterocycles. The van der Waals surface area contributed by atoms with Crippen LogP contribution in [0, 0.1) is 0 Å². The first-order valence-electron chi connectivity index (χ1n) is 5.57. The van der Waals surface area contributed by atoms with Gasteiger partial charge in [-0.2, -0.15) is 0 Å². The van der Waals surface area contributed by atoms with Crippen LogP contribution in [-0.4, -0.2) is 20.0 Å². The standard InChI is InChI=1S/C13H18O3/c1-3-4-5-8-16-12-7-6-11(10-14)9-13(12)15-2/h6-7,9-10H,3-5,8H2,1-2H3. The Labute approximate surface area is 96.4 Å². The summed E-state index contributed by atoms with van der Waals surface area (Å²) in [5.41, 5.74) is 0.595. The zero-order valence-electron chi connectivity index (χ0n) is 9.86. The summed E-state index contributed by atoms with van der Waals surface area (Å²) < 4.78 is 10.7. The Balaban J connectivity index is 2.61. The maximum absolute atomic E-state index is 10.6. The molecule has 0 spiro atoms. The van der Waals surface area contributed by atoms with E-state index >= 15 is 0 Å². The second-order valence-corrected chi connectivity index (χ2v) is 3.58. The average Bonchev–Trinajstić information content (AvgIpc) is 2.34. The molecule has 1 rings (SSSR count). The number of hydrogen-bond acceptors (Lipinski definition) is 3. The van der Waals surface area contributed by atoms with Crippen LogP contribution in [-0.2, 0) is 0 Å². The summed E-state index contributed by atoms with van der Waals surface area (Å²) in [6.45, 7) is 2.84. The summed E-state index contributed by atoms with van der Waals surface area (Å²) in [6.07, 6.45) is 4.16. The predicted molar refractivity (Wildman–Crippen MR) is 63.4 cm³/mol. The van der Waals surface area contributed by atoms with Crippen molar-refractivity contribution < 1.29 is 14.3 Å². The van der Waals surface area contributed by atoms with E-state index in [4.69, 9.17) is 9.47 Å². The van der Waals surface area contributed by atoms with Crippen LogP contribution < -0.4 is 9.47 Å². The van der Waals surface area contributed by atoms with Gasteiger partial charge < -0.3 is 9.47 Å². The van der Waals surface area contributed by atoms with Crippen LogP contribution in [0.25, 0.3) is 0 Å². The number of benzene rings is 1. The van der Waals surface area contributed by atoms with Gasteiger partial charge in [-0.1, -0.05) is 19.8 Å². The van der Waals surface area contributed by atoms with Gasteiger partial charge in [0.1, 0.15) is 6.29 Å². The number of rotatable bonds is 7. The van der Waals surface area contributed by atoms with Crippen LogP contribution in [0.2, 0.25) is 0 Å². The number of carbonyl (C=O) groups excluding carboxylic acids is 1. The summed E-state index contributed by atoms with van der Waals surface area (Å²) in [7, 11) is 1.57. The van der Waals surface area contributed by atoms with Gasteiger partial charge in [0.2, 0.25) is 0 Å². The zero-order chi connectivity index (χ0) is 11.8. The first-order valence-corrected chi connectivity index (χ1v) is 5.57. The van der Waals surface area contributed by atoms with Crippen LogP contribution in [0.5, 0.6) is 11.5 Å². The lowest BCUT2D eigenvalue weighted by molar-refractivity contribution is 0.112. The lowest BCUT2D eigenvalue weighted by atomic mass is 10.2. The normalized spacial score (nSPS) is 9.88. The molecule has 0 saturated carbocycles. The molecule has 3 heteroatoms. The largest absolute Gasteiger partial charge is 0.493 e. The molecule has 0 N–H and O–H groups in total. The van der Waals surface area contributed by atoms with Gasteiger partial charge in [-0.05, 0) is 24.6 Å². The zero-order valence-corrected chi connectivity index (χ0v) is 9.86. The fourth-order valence-corrected chi connectivity index (χ4v) is 1.41. The van der Waals surface area contributed by atoms with Crippen molar-refractivity contribution in [3.05, 3.63) is 23.8 Å². The smallest absolute Gasteiger partial charge is 0.161 e. The number of hydrogen-bond donors (Lipinski definition) is 0. The first kappa shape index (κ1) is 12.6. The quantitative estimate of drug-likeness (QED) is 0.525. The minimum absolute atomic E-state index is 0.595. The molecule has 3 nitrogen and oxygen atoms in total. The highest BCUT2D eigenvalue weighted by Crippen LogP contribution is 2.27. The number of methoxy groups -OCH3 is 1. The molecule has 0 aliphatic heterocycles. The molecule has 1 aromatic rings. The summed E-state index contributed by atoms with van der Waals surface area (Å²) in [6, 6.07) is 5.18. The van der Waals surface area contributed by atoms with Crippen molar-refractivity contribution in [1.29, 1.82) is 0 Å². The van der Waals surface area contributed by atoms with E-state index < -0.39 is 0 Å². The Bertz CT molecular complexity index is 334. The predicted octanol–water partition coefficient (Wildman–Crippen LogP) is 3.08. The Kier molecular flexibility index (Phi) is 5.40. The van der Waals surface area contributed by atoms with E-state index in [9.17, 15) is 4.79 Å². The lowest BCUT2D eigenvalue weighted by Gasteiger charge is -2.10. The Morgan fingerprint density at radius 1 is 1.25 bits per heavy atom. The summed E-state index contributed by atoms with van der Waals surface area (Å²) in [5.74, 6) is 1.31. The third-order valence-electron chi connectivity index (χ3n) is 2.33. The van der Waals surface area contributed by atoms with Gasteiger partial charge in [0.05, 0.1) is 13.7 Å². The summed E-state index contributed by atoms with van der Waals surface area (Å²) in [4.78, 5) is 10.6. The fourth-order valence-electron chi connectivity index (χ4n) is 1.41. The monoisotopic (exact) mass is 222 g/mol. The molecule has 0 radical (unpaired) electrons. The van der Waals surface area contributed by atoms with Gasteiger partial charge >= 0.3 is 0 Å². The molecular formula is C13H18O3. The number of aldehydes is 1. The van der Waals surface area contributed by atoms with Crippen LogP contribution >= 0.6 is 0 Å². The van der Waals surface area contributed by atoms with Crippen molar-refractivity contribution in [2.45, 2.75) is 26.2 Å². The molecule has 0 aliphatic rings. The van der Waals surface area contributed by atoms with Gasteiger partial charge in [-0.15, -0.1) is 0 Å². The van der Waals surface area contributed by atoms with Crippen molar-refractivity contribution in [3.8, 4) is 11.5 Å². The highest BCUT2D eigenvalue weighted by molar-refractivity contribution is 5.76. The van der Waals surface area contributed by atoms with Gasteiger partial charge in [0, 0.05) is 5.56 Å². The van der Waals surface area contributed by atoms with E-state index in [1.807, 2.05) is 0 Å². The third kappa shape index (κ3) is 3.57. The molecule has 0 heterocycles. The van der Waals surface area contributed by atoms with Crippen LogP contribution in [0.1, 0.15) is 36.5 Å². The van der Waals surface area contributed by atoms with E-state index in [-0.39, 0.29) is 0 Å². The average molecular weight is 222 g/mol. The van der Waals surface area contributed by atoms with Crippen molar-refractivity contribution in [2.24, 2.45) is 0 Å². The van der Waals surface area contributed by atoms with Gasteiger partial charge in [-0.25, -0.2) is 0 Å². The Morgan fingerprint density at radius 2 is 2.06 bits per heavy atom. The van der Waals surface area contributed by atoms with E-state index in [1.54, 1.807) is 25.3 Å². The fraction of sp³-hybridized carbons (Fsp3) is 0.462. The number of unbranched alkanes of at least 4 members (excludes halogenated alkanes) is 2. The van der Waals surface area contributed by atoms with Crippen molar-refractivity contribution >= 4 is 6.29 Å². The molecule has 0 unspecified atom stereocenters. The third-order valence-corrected chi connectivity index (χ3v) is 2.33. The second-order valence-electron chi connectivity index (χ2n) is 3.58. The van der Waals surface area contributed by atoms with Crippen LogP contribution in [0.4, 0.5) is 0 Å². The Morgan fingerprint density at radius 3 is 2.69 bits per heavy atom. The maximum atomic E-state index is 10.6. The topological polar surface area (TPSA) is 35.5 Å². The van der Waals surface area contributed by atoms with Gasteiger partial charge in [-0.3, -0.25) is 4.79 Å². The van der Waals surface area contributed by atoms with E-state index in [0.717, 1.165) is 19.1 Å². The van der Waals surface area contributed by atoms with Gasteiger partial charge in [0.25, 0.3) is 0 Å². The van der Waals surface area contributed by atoms with Crippen molar-refractivity contribution in [2.75, 3.05) is 13.7 Å². The molecule has 16 heavy (non-hydrogen) atoms. The molecule has 0 fully saturated rings. The summed E-state index contributed by atoms with van der Waals surface area (Å²) >= 11 is 0. The number of ether oxygens (including phenoxy) is 2. The van der Waals surface area contributed by atoms with Gasteiger partial charge in [0.15, 0.2) is 11.5 Å². The summed E-state index contributed by atoms with van der Waals surface area (Å²) in [5, 5.41) is 0. The highest BCUT2D eigenvalue weighted by Gasteiger charge is 2.04. The van der Waals surface area contributed by atoms with Crippen molar-refractivity contribution in [1.82, 2.24) is 0 Å². The molecule has 0 aliphatic carbocycles. The second kappa shape index (κ2) is 6.88. The molecular weight excluding hydrogens is 204 g/mol. The molecule has 88 valence electrons. The molecule has 0 saturated heterocycles. The Hall–Kier alpha value is -1.51. The van der Waals surface area contributed by atoms with Crippen LogP contribution in [0.3, 0.4) is 0 Å². The number of carbonyl (C=O) groups is 1. The highest BCUT2D eigenvalue weighted by atomic mass is 16.5. The minimum Gasteiger partial charge on any atom is -0.493 e. The SMILES string of the molecule is CCCCCOc1ccc(C=O)cc1OC. The lowest BCUT2D eigenvalue weighted by Crippen LogP contribution is -1.99. The van der Waals surface area contributed by atoms with Crippen molar-refractivity contribution in [3.63, 3.8) is 0 Å². The maximum Gasteiger partial charge on any atom is 0.161 e. The van der Waals surface area contributed by atoms with E-state index in [1.165, 1.54) is 6.42 Å². The minimum atomic E-state index is 0.595. The molecule has 1 aromatic carbocycles. The van der Waals surface area contributed by atoms with Crippen LogP contribution in [0.15, 0.2) is 18.2 Å². The molecule has 0 bridgehead atoms. The van der Waals surface area contributed by atoms with E-state index in [0.29, 0.717) is 23.7 Å². The molecule has 0 atom stereocenters.